The van der Waals surface area contributed by atoms with Gasteiger partial charge in [-0.05, 0) is 30.6 Å². The highest BCUT2D eigenvalue weighted by atomic mass is 16.7. The Kier molecular flexibility index (Phi) is 3.10. The molecular formula is C12H18O3. The van der Waals surface area contributed by atoms with Gasteiger partial charge < -0.3 is 9.47 Å². The second kappa shape index (κ2) is 4.35. The van der Waals surface area contributed by atoms with E-state index in [1.807, 2.05) is 6.92 Å². The summed E-state index contributed by atoms with van der Waals surface area (Å²) >= 11 is 0. The number of fused-ring (bicyclic) bond motifs is 2. The fourth-order valence-corrected chi connectivity index (χ4v) is 2.82. The van der Waals surface area contributed by atoms with Gasteiger partial charge in [-0.2, -0.15) is 0 Å². The molecule has 2 aliphatic carbocycles. The van der Waals surface area contributed by atoms with E-state index >= 15 is 0 Å². The average molecular weight is 210 g/mol. The predicted octanol–water partition coefficient (Wildman–Crippen LogP) is 1.98. The molecule has 84 valence electrons. The first-order chi connectivity index (χ1) is 7.22. The summed E-state index contributed by atoms with van der Waals surface area (Å²) in [5.41, 5.74) is 0. The van der Waals surface area contributed by atoms with E-state index in [0.29, 0.717) is 17.8 Å². The van der Waals surface area contributed by atoms with Crippen molar-refractivity contribution in [2.75, 3.05) is 13.9 Å². The molecule has 2 rings (SSSR count). The van der Waals surface area contributed by atoms with Crippen LogP contribution >= 0.6 is 0 Å². The zero-order chi connectivity index (χ0) is 10.8. The SMILES string of the molecule is COCOC(=O)C(C)C1CC2C=CC1C2. The number of carbonyl (C=O) groups is 1. The third-order valence-corrected chi connectivity index (χ3v) is 3.66. The molecule has 0 saturated heterocycles. The van der Waals surface area contributed by atoms with Gasteiger partial charge in [-0.1, -0.05) is 19.1 Å². The minimum Gasteiger partial charge on any atom is -0.438 e. The molecule has 0 aromatic rings. The average Bonchev–Trinajstić information content (AvgIpc) is 2.86. The lowest BCUT2D eigenvalue weighted by atomic mass is 9.83. The Morgan fingerprint density at radius 1 is 1.47 bits per heavy atom. The molecule has 2 aliphatic rings. The second-order valence-electron chi connectivity index (χ2n) is 4.60. The van der Waals surface area contributed by atoms with E-state index in [9.17, 15) is 4.79 Å². The van der Waals surface area contributed by atoms with Gasteiger partial charge in [-0.15, -0.1) is 0 Å². The number of methoxy groups -OCH3 is 1. The molecule has 0 aliphatic heterocycles. The van der Waals surface area contributed by atoms with E-state index in [2.05, 4.69) is 12.2 Å². The Bertz CT molecular complexity index is 272. The van der Waals surface area contributed by atoms with Gasteiger partial charge in [0.1, 0.15) is 0 Å². The maximum absolute atomic E-state index is 11.6. The molecule has 1 saturated carbocycles. The summed E-state index contributed by atoms with van der Waals surface area (Å²) in [7, 11) is 1.53. The molecule has 0 amide bonds. The zero-order valence-electron chi connectivity index (χ0n) is 9.31. The molecule has 4 atom stereocenters. The highest BCUT2D eigenvalue weighted by Crippen LogP contribution is 2.46. The number of esters is 1. The fraction of sp³-hybridized carbons (Fsp3) is 0.750. The lowest BCUT2D eigenvalue weighted by Gasteiger charge is -2.23. The molecule has 3 heteroatoms. The summed E-state index contributed by atoms with van der Waals surface area (Å²) in [6.45, 7) is 2.04. The molecule has 0 aromatic heterocycles. The van der Waals surface area contributed by atoms with Crippen LogP contribution in [-0.4, -0.2) is 19.9 Å². The molecule has 0 N–H and O–H groups in total. The summed E-state index contributed by atoms with van der Waals surface area (Å²) < 4.78 is 9.72. The van der Waals surface area contributed by atoms with Crippen molar-refractivity contribution in [3.63, 3.8) is 0 Å². The Balaban J connectivity index is 1.88. The summed E-state index contributed by atoms with van der Waals surface area (Å²) in [5.74, 6) is 1.66. The Morgan fingerprint density at radius 3 is 2.80 bits per heavy atom. The third-order valence-electron chi connectivity index (χ3n) is 3.66. The Labute approximate surface area is 90.4 Å². The maximum atomic E-state index is 11.6. The van der Waals surface area contributed by atoms with Crippen LogP contribution in [0, 0.1) is 23.7 Å². The number of hydrogen-bond donors (Lipinski definition) is 0. The van der Waals surface area contributed by atoms with Crippen molar-refractivity contribution in [3.8, 4) is 0 Å². The van der Waals surface area contributed by atoms with Gasteiger partial charge in [0.05, 0.1) is 5.92 Å². The molecule has 4 unspecified atom stereocenters. The lowest BCUT2D eigenvalue weighted by molar-refractivity contribution is -0.160. The second-order valence-corrected chi connectivity index (χ2v) is 4.60. The molecule has 0 heterocycles. The van der Waals surface area contributed by atoms with E-state index in [0.717, 1.165) is 6.42 Å². The maximum Gasteiger partial charge on any atom is 0.311 e. The van der Waals surface area contributed by atoms with Gasteiger partial charge in [0.2, 0.25) is 0 Å². The van der Waals surface area contributed by atoms with Crippen LogP contribution in [0.5, 0.6) is 0 Å². The van der Waals surface area contributed by atoms with Gasteiger partial charge in [0.25, 0.3) is 0 Å². The molecule has 0 spiro atoms. The van der Waals surface area contributed by atoms with Crippen molar-refractivity contribution in [1.29, 1.82) is 0 Å². The number of carbonyl (C=O) groups excluding carboxylic acids is 1. The molecule has 3 nitrogen and oxygen atoms in total. The first-order valence-electron chi connectivity index (χ1n) is 5.56. The van der Waals surface area contributed by atoms with Crippen LogP contribution in [0.2, 0.25) is 0 Å². The topological polar surface area (TPSA) is 35.5 Å². The molecule has 0 radical (unpaired) electrons. The van der Waals surface area contributed by atoms with E-state index < -0.39 is 0 Å². The first kappa shape index (κ1) is 10.7. The van der Waals surface area contributed by atoms with Gasteiger partial charge in [-0.3, -0.25) is 4.79 Å². The van der Waals surface area contributed by atoms with Crippen LogP contribution in [0.15, 0.2) is 12.2 Å². The minimum absolute atomic E-state index is 0.0000926. The highest BCUT2D eigenvalue weighted by Gasteiger charge is 2.41. The van der Waals surface area contributed by atoms with Gasteiger partial charge in [0.15, 0.2) is 6.79 Å². The van der Waals surface area contributed by atoms with E-state index in [1.165, 1.54) is 13.5 Å². The van der Waals surface area contributed by atoms with Crippen molar-refractivity contribution in [2.24, 2.45) is 23.7 Å². The molecule has 1 fully saturated rings. The van der Waals surface area contributed by atoms with Crippen LogP contribution in [0.1, 0.15) is 19.8 Å². The largest absolute Gasteiger partial charge is 0.438 e. The van der Waals surface area contributed by atoms with Crippen LogP contribution in [-0.2, 0) is 14.3 Å². The van der Waals surface area contributed by atoms with Gasteiger partial charge >= 0.3 is 5.97 Å². The molecular weight excluding hydrogens is 192 g/mol. The summed E-state index contributed by atoms with van der Waals surface area (Å²) in [6.07, 6.45) is 6.92. The van der Waals surface area contributed by atoms with Crippen molar-refractivity contribution < 1.29 is 14.3 Å². The predicted molar refractivity (Wildman–Crippen MR) is 56.0 cm³/mol. The first-order valence-corrected chi connectivity index (χ1v) is 5.56. The van der Waals surface area contributed by atoms with E-state index in [4.69, 9.17) is 9.47 Å². The number of hydrogen-bond acceptors (Lipinski definition) is 3. The van der Waals surface area contributed by atoms with Crippen molar-refractivity contribution in [3.05, 3.63) is 12.2 Å². The van der Waals surface area contributed by atoms with Crippen molar-refractivity contribution in [2.45, 2.75) is 19.8 Å². The highest BCUT2D eigenvalue weighted by molar-refractivity contribution is 5.72. The van der Waals surface area contributed by atoms with Crippen LogP contribution in [0.3, 0.4) is 0 Å². The number of ether oxygens (including phenoxy) is 2. The molecule has 2 bridgehead atoms. The normalized spacial score (nSPS) is 34.4. The van der Waals surface area contributed by atoms with Crippen molar-refractivity contribution in [1.82, 2.24) is 0 Å². The number of allylic oxidation sites excluding steroid dienone is 2. The van der Waals surface area contributed by atoms with Gasteiger partial charge in [-0.25, -0.2) is 0 Å². The van der Waals surface area contributed by atoms with Crippen LogP contribution in [0.25, 0.3) is 0 Å². The van der Waals surface area contributed by atoms with E-state index in [1.54, 1.807) is 0 Å². The lowest BCUT2D eigenvalue weighted by Crippen LogP contribution is -2.26. The summed E-state index contributed by atoms with van der Waals surface area (Å²) in [4.78, 5) is 11.6. The Morgan fingerprint density at radius 2 is 2.27 bits per heavy atom. The minimum atomic E-state index is -0.122. The zero-order valence-corrected chi connectivity index (χ0v) is 9.31. The van der Waals surface area contributed by atoms with Crippen LogP contribution in [0.4, 0.5) is 0 Å². The standard InChI is InChI=1S/C12H18O3/c1-8(12(13)15-7-14-2)11-6-9-3-4-10(11)5-9/h3-4,8-11H,5-7H2,1-2H3. The van der Waals surface area contributed by atoms with Crippen molar-refractivity contribution >= 4 is 5.97 Å². The number of rotatable bonds is 4. The van der Waals surface area contributed by atoms with Crippen LogP contribution < -0.4 is 0 Å². The third kappa shape index (κ3) is 2.07. The quantitative estimate of drug-likeness (QED) is 0.404. The molecule has 0 aromatic carbocycles. The summed E-state index contributed by atoms with van der Waals surface area (Å²) in [6, 6.07) is 0. The smallest absolute Gasteiger partial charge is 0.311 e. The fourth-order valence-electron chi connectivity index (χ4n) is 2.82. The molecule has 15 heavy (non-hydrogen) atoms. The monoisotopic (exact) mass is 210 g/mol. The Hall–Kier alpha value is -0.830. The van der Waals surface area contributed by atoms with E-state index in [-0.39, 0.29) is 18.7 Å². The summed E-state index contributed by atoms with van der Waals surface area (Å²) in [5, 5.41) is 0. The van der Waals surface area contributed by atoms with Gasteiger partial charge in [0, 0.05) is 7.11 Å².